The van der Waals surface area contributed by atoms with Crippen LogP contribution in [-0.4, -0.2) is 34.6 Å². The number of rotatable bonds is 9. The number of ether oxygens (including phenoxy) is 2. The predicted molar refractivity (Wildman–Crippen MR) is 101 cm³/mol. The third kappa shape index (κ3) is 4.96. The van der Waals surface area contributed by atoms with Crippen molar-refractivity contribution in [2.45, 2.75) is 31.1 Å². The molecule has 146 valence electrons. The quantitative estimate of drug-likeness (QED) is 0.278. The van der Waals surface area contributed by atoms with Crippen LogP contribution in [0.1, 0.15) is 26.2 Å². The lowest BCUT2D eigenvalue weighted by atomic mass is 9.79. The van der Waals surface area contributed by atoms with Gasteiger partial charge in [-0.15, -0.1) is 12.3 Å². The van der Waals surface area contributed by atoms with Crippen LogP contribution in [0.5, 0.6) is 0 Å². The van der Waals surface area contributed by atoms with Crippen LogP contribution in [0.4, 0.5) is 0 Å². The minimum atomic E-state index is -4.00. The van der Waals surface area contributed by atoms with Gasteiger partial charge >= 0.3 is 11.9 Å². The van der Waals surface area contributed by atoms with Crippen molar-refractivity contribution < 1.29 is 27.5 Å². The molecule has 27 heavy (non-hydrogen) atoms. The van der Waals surface area contributed by atoms with Crippen LogP contribution in [0.25, 0.3) is 0 Å². The van der Waals surface area contributed by atoms with Gasteiger partial charge in [-0.2, -0.15) is 0 Å². The van der Waals surface area contributed by atoms with Gasteiger partial charge in [-0.05, 0) is 31.9 Å². The zero-order valence-electron chi connectivity index (χ0n) is 15.8. The highest BCUT2D eigenvalue weighted by atomic mass is 32.2. The lowest BCUT2D eigenvalue weighted by Gasteiger charge is -2.28. The fraction of sp³-hybridized carbons (Fsp3) is 0.350. The molecule has 0 amide bonds. The van der Waals surface area contributed by atoms with Crippen molar-refractivity contribution in [2.24, 2.45) is 5.41 Å². The third-order valence-corrected chi connectivity index (χ3v) is 6.00. The molecule has 0 aliphatic rings. The molecule has 0 saturated carbocycles. The van der Waals surface area contributed by atoms with E-state index in [1.807, 2.05) is 0 Å². The maximum Gasteiger partial charge on any atom is 0.323 e. The van der Waals surface area contributed by atoms with Gasteiger partial charge in [0.05, 0.1) is 24.0 Å². The molecule has 0 bridgehead atoms. The highest BCUT2D eigenvalue weighted by molar-refractivity contribution is 7.95. The fourth-order valence-corrected chi connectivity index (χ4v) is 4.03. The summed E-state index contributed by atoms with van der Waals surface area (Å²) in [7, 11) is -1.74. The smallest absolute Gasteiger partial charge is 0.323 e. The molecule has 1 aromatic carbocycles. The van der Waals surface area contributed by atoms with Gasteiger partial charge in [0.1, 0.15) is 0 Å². The number of allylic oxidation sites excluding steroid dienone is 2. The number of benzene rings is 1. The van der Waals surface area contributed by atoms with E-state index >= 15 is 0 Å². The summed E-state index contributed by atoms with van der Waals surface area (Å²) in [5, 5.41) is 0. The van der Waals surface area contributed by atoms with Gasteiger partial charge in [-0.25, -0.2) is 8.42 Å². The van der Waals surface area contributed by atoms with Gasteiger partial charge in [-0.3, -0.25) is 9.59 Å². The van der Waals surface area contributed by atoms with Gasteiger partial charge in [0.25, 0.3) is 0 Å². The van der Waals surface area contributed by atoms with E-state index in [4.69, 9.17) is 9.47 Å². The number of carbonyl (C=O) groups excluding carboxylic acids is 2. The van der Waals surface area contributed by atoms with Crippen molar-refractivity contribution in [1.29, 1.82) is 0 Å². The van der Waals surface area contributed by atoms with Crippen LogP contribution in [-0.2, 0) is 28.9 Å². The summed E-state index contributed by atoms with van der Waals surface area (Å²) in [5.41, 5.74) is 1.26. The summed E-state index contributed by atoms with van der Waals surface area (Å²) in [6.45, 7) is 8.95. The van der Waals surface area contributed by atoms with Crippen molar-refractivity contribution in [3.05, 3.63) is 59.7 Å². The second-order valence-electron chi connectivity index (χ2n) is 6.12. The highest BCUT2D eigenvalue weighted by Gasteiger charge is 2.50. The molecule has 0 atom stereocenters. The van der Waals surface area contributed by atoms with Gasteiger partial charge in [0, 0.05) is 6.42 Å². The van der Waals surface area contributed by atoms with E-state index in [9.17, 15) is 18.0 Å². The second-order valence-corrected chi connectivity index (χ2v) is 8.09. The van der Waals surface area contributed by atoms with E-state index in [1.165, 1.54) is 12.1 Å². The van der Waals surface area contributed by atoms with Gasteiger partial charge in [0.2, 0.25) is 9.84 Å². The average molecular weight is 392 g/mol. The summed E-state index contributed by atoms with van der Waals surface area (Å²) in [5.74, 6) is -1.77. The summed E-state index contributed by atoms with van der Waals surface area (Å²) in [6, 6.07) is 7.65. The van der Waals surface area contributed by atoms with Crippen molar-refractivity contribution in [1.82, 2.24) is 0 Å². The van der Waals surface area contributed by atoms with Crippen LogP contribution < -0.4 is 0 Å². The molecule has 0 aliphatic heterocycles. The van der Waals surface area contributed by atoms with Crippen LogP contribution in [0, 0.1) is 5.41 Å². The van der Waals surface area contributed by atoms with Crippen LogP contribution in [0.3, 0.4) is 0 Å². The molecule has 0 saturated heterocycles. The largest absolute Gasteiger partial charge is 0.468 e. The van der Waals surface area contributed by atoms with E-state index in [2.05, 4.69) is 18.9 Å². The van der Waals surface area contributed by atoms with Crippen LogP contribution in [0.2, 0.25) is 0 Å². The lowest BCUT2D eigenvalue weighted by molar-refractivity contribution is -0.169. The first-order valence-corrected chi connectivity index (χ1v) is 9.64. The number of methoxy groups -OCH3 is 2. The van der Waals surface area contributed by atoms with Gasteiger partial charge in [0.15, 0.2) is 5.41 Å². The molecule has 0 aliphatic carbocycles. The van der Waals surface area contributed by atoms with E-state index in [0.29, 0.717) is 6.42 Å². The van der Waals surface area contributed by atoms with Gasteiger partial charge < -0.3 is 9.47 Å². The van der Waals surface area contributed by atoms with E-state index in [0.717, 1.165) is 19.8 Å². The summed E-state index contributed by atoms with van der Waals surface area (Å²) >= 11 is 0. The normalized spacial score (nSPS) is 11.2. The minimum absolute atomic E-state index is 0.0136. The molecule has 1 aromatic rings. The second kappa shape index (κ2) is 9.35. The molecular formula is C20H24O6S. The average Bonchev–Trinajstić information content (AvgIpc) is 2.67. The molecule has 0 spiro atoms. The fourth-order valence-electron chi connectivity index (χ4n) is 2.61. The number of hydrogen-bond donors (Lipinski definition) is 0. The Morgan fingerprint density at radius 3 is 2.04 bits per heavy atom. The molecule has 6 nitrogen and oxygen atoms in total. The SMILES string of the molecule is C=C=C(CC(CCC(=C)C)(C(=O)OC)C(=O)OC)S(=O)(=O)c1ccccc1. The molecule has 0 radical (unpaired) electrons. The molecule has 7 heteroatoms. The van der Waals surface area contributed by atoms with Crippen molar-refractivity contribution >= 4 is 21.8 Å². The first kappa shape index (κ1) is 22.4. The molecule has 0 heterocycles. The minimum Gasteiger partial charge on any atom is -0.468 e. The number of esters is 2. The number of sulfone groups is 1. The Bertz CT molecular complexity index is 845. The van der Waals surface area contributed by atoms with Crippen LogP contribution >= 0.6 is 0 Å². The maximum absolute atomic E-state index is 12.9. The zero-order chi connectivity index (χ0) is 20.7. The summed E-state index contributed by atoms with van der Waals surface area (Å²) in [6.07, 6.45) is -0.183. The molecular weight excluding hydrogens is 368 g/mol. The monoisotopic (exact) mass is 392 g/mol. The molecule has 0 aromatic heterocycles. The summed E-state index contributed by atoms with van der Waals surface area (Å²) < 4.78 is 35.5. The number of hydrogen-bond acceptors (Lipinski definition) is 6. The predicted octanol–water partition coefficient (Wildman–Crippen LogP) is 3.21. The lowest BCUT2D eigenvalue weighted by Crippen LogP contribution is -2.42. The maximum atomic E-state index is 12.9. The Hall–Kier alpha value is -2.63. The van der Waals surface area contributed by atoms with Gasteiger partial charge in [-0.1, -0.05) is 30.4 Å². The third-order valence-electron chi connectivity index (χ3n) is 4.17. The summed E-state index contributed by atoms with van der Waals surface area (Å²) in [4.78, 5) is 24.8. The number of carbonyl (C=O) groups is 2. The standard InChI is InChI=1S/C20H24O6S/c1-6-16(27(23,24)17-10-8-7-9-11-17)14-20(18(21)25-4,19(22)26-5)13-12-15(2)3/h7-11H,1-2,12-14H2,3-5H3. The Kier molecular flexibility index (Phi) is 7.76. The Morgan fingerprint density at radius 1 is 1.11 bits per heavy atom. The molecule has 0 N–H and O–H groups in total. The van der Waals surface area contributed by atoms with Crippen molar-refractivity contribution in [3.63, 3.8) is 0 Å². The Balaban J connectivity index is 3.49. The molecule has 0 unspecified atom stereocenters. The highest BCUT2D eigenvalue weighted by Crippen LogP contribution is 2.38. The van der Waals surface area contributed by atoms with E-state index in [1.54, 1.807) is 25.1 Å². The molecule has 1 rings (SSSR count). The topological polar surface area (TPSA) is 86.7 Å². The first-order chi connectivity index (χ1) is 12.7. The Morgan fingerprint density at radius 2 is 1.63 bits per heavy atom. The van der Waals surface area contributed by atoms with E-state index in [-0.39, 0.29) is 16.2 Å². The Labute approximate surface area is 160 Å². The zero-order valence-corrected chi connectivity index (χ0v) is 16.6. The van der Waals surface area contributed by atoms with Crippen molar-refractivity contribution in [3.8, 4) is 0 Å². The first-order valence-electron chi connectivity index (χ1n) is 8.16. The van der Waals surface area contributed by atoms with Crippen LogP contribution in [0.15, 0.2) is 64.6 Å². The van der Waals surface area contributed by atoms with Crippen molar-refractivity contribution in [2.75, 3.05) is 14.2 Å². The molecule has 0 fully saturated rings. The van der Waals surface area contributed by atoms with E-state index < -0.39 is 33.6 Å².